The van der Waals surface area contributed by atoms with Crippen LogP contribution >= 0.6 is 11.3 Å². The Kier molecular flexibility index (Phi) is 4.56. The lowest BCUT2D eigenvalue weighted by Gasteiger charge is -2.08. The van der Waals surface area contributed by atoms with Crippen molar-refractivity contribution in [1.29, 1.82) is 0 Å². The second-order valence-electron chi connectivity index (χ2n) is 6.78. The molecule has 12 heteroatoms. The van der Waals surface area contributed by atoms with Crippen LogP contribution in [0.3, 0.4) is 0 Å². The van der Waals surface area contributed by atoms with Gasteiger partial charge in [-0.1, -0.05) is 0 Å². The molecule has 0 bridgehead atoms. The number of thiazole rings is 1. The molecule has 0 saturated carbocycles. The van der Waals surface area contributed by atoms with Crippen molar-refractivity contribution in [3.63, 3.8) is 0 Å². The summed E-state index contributed by atoms with van der Waals surface area (Å²) in [4.78, 5) is 40.5. The van der Waals surface area contributed by atoms with E-state index in [-0.39, 0.29) is 23.3 Å². The number of carbonyl (C=O) groups is 1. The highest BCUT2D eigenvalue weighted by Crippen LogP contribution is 2.31. The van der Waals surface area contributed by atoms with Crippen molar-refractivity contribution in [2.24, 2.45) is 0 Å². The summed E-state index contributed by atoms with van der Waals surface area (Å²) in [5.74, 6) is -1.38. The zero-order chi connectivity index (χ0) is 22.4. The van der Waals surface area contributed by atoms with Crippen LogP contribution in [0.1, 0.15) is 0 Å². The second-order valence-corrected chi connectivity index (χ2v) is 7.66. The van der Waals surface area contributed by atoms with Gasteiger partial charge in [-0.05, 0) is 30.3 Å². The molecule has 0 spiro atoms. The third-order valence-corrected chi connectivity index (χ3v) is 5.56. The highest BCUT2D eigenvalue weighted by atomic mass is 32.1. The summed E-state index contributed by atoms with van der Waals surface area (Å²) in [6.45, 7) is -0.385. The molecule has 0 atom stereocenters. The van der Waals surface area contributed by atoms with Crippen LogP contribution in [0.5, 0.6) is 0 Å². The molecule has 0 unspecified atom stereocenters. The van der Waals surface area contributed by atoms with Gasteiger partial charge in [-0.25, -0.2) is 14.2 Å². The van der Waals surface area contributed by atoms with E-state index in [4.69, 9.17) is 4.42 Å². The number of hydrogen-bond acceptors (Lipinski definition) is 7. The molecule has 0 fully saturated rings. The minimum absolute atomic E-state index is 0.00794. The quantitative estimate of drug-likeness (QED) is 0.320. The van der Waals surface area contributed by atoms with Gasteiger partial charge in [0.2, 0.25) is 5.91 Å². The number of imidazole rings is 1. The van der Waals surface area contributed by atoms with E-state index in [9.17, 15) is 24.1 Å². The second kappa shape index (κ2) is 7.42. The number of nitrogens with zero attached hydrogens (tertiary/aromatic N) is 4. The normalized spacial score (nSPS) is 11.3. The Labute approximate surface area is 181 Å². The number of halogens is 1. The third kappa shape index (κ3) is 3.32. The summed E-state index contributed by atoms with van der Waals surface area (Å²) in [6, 6.07) is 9.41. The number of amides is 1. The van der Waals surface area contributed by atoms with E-state index in [2.05, 4.69) is 10.3 Å². The van der Waals surface area contributed by atoms with Crippen LogP contribution in [0.25, 0.3) is 27.3 Å². The van der Waals surface area contributed by atoms with Crippen LogP contribution in [0.2, 0.25) is 0 Å². The number of benzene rings is 2. The van der Waals surface area contributed by atoms with Gasteiger partial charge in [-0.15, -0.1) is 11.3 Å². The highest BCUT2D eigenvalue weighted by Gasteiger charge is 2.20. The molecule has 5 aromatic rings. The van der Waals surface area contributed by atoms with E-state index < -0.39 is 22.4 Å². The number of non-ortho nitro benzene ring substituents is 1. The predicted molar refractivity (Wildman–Crippen MR) is 114 cm³/mol. The molecule has 1 amide bonds. The average Bonchev–Trinajstić information content (AvgIpc) is 3.43. The van der Waals surface area contributed by atoms with Gasteiger partial charge in [0, 0.05) is 23.2 Å². The van der Waals surface area contributed by atoms with Crippen LogP contribution in [0, 0.1) is 15.9 Å². The van der Waals surface area contributed by atoms with E-state index in [1.54, 1.807) is 28.1 Å². The molecule has 3 heterocycles. The third-order valence-electron chi connectivity index (χ3n) is 4.80. The van der Waals surface area contributed by atoms with Gasteiger partial charge in [0.1, 0.15) is 23.9 Å². The largest absolute Gasteiger partial charge is 0.420 e. The Balaban J connectivity index is 1.49. The van der Waals surface area contributed by atoms with E-state index in [1.807, 2.05) is 0 Å². The number of fused-ring (bicyclic) bond motifs is 2. The van der Waals surface area contributed by atoms with Crippen LogP contribution in [-0.2, 0) is 11.3 Å². The van der Waals surface area contributed by atoms with Crippen LogP contribution in [-0.4, -0.2) is 24.8 Å². The average molecular weight is 453 g/mol. The van der Waals surface area contributed by atoms with Crippen molar-refractivity contribution in [2.45, 2.75) is 6.54 Å². The molecule has 0 aliphatic heterocycles. The molecule has 2 aromatic carbocycles. The minimum Gasteiger partial charge on any atom is -0.407 e. The Hall–Kier alpha value is -4.32. The Morgan fingerprint density at radius 1 is 1.25 bits per heavy atom. The monoisotopic (exact) mass is 453 g/mol. The molecule has 3 aromatic heterocycles. The van der Waals surface area contributed by atoms with Gasteiger partial charge < -0.3 is 9.73 Å². The molecule has 32 heavy (non-hydrogen) atoms. The lowest BCUT2D eigenvalue weighted by Crippen LogP contribution is -2.25. The molecular weight excluding hydrogens is 441 g/mol. The van der Waals surface area contributed by atoms with Crippen molar-refractivity contribution >= 4 is 44.8 Å². The maximum atomic E-state index is 13.3. The number of nitro groups is 1. The van der Waals surface area contributed by atoms with Crippen molar-refractivity contribution < 1.29 is 18.5 Å². The highest BCUT2D eigenvalue weighted by molar-refractivity contribution is 7.15. The Morgan fingerprint density at radius 3 is 2.78 bits per heavy atom. The summed E-state index contributed by atoms with van der Waals surface area (Å²) in [6.07, 6.45) is 1.73. The summed E-state index contributed by atoms with van der Waals surface area (Å²) in [5.41, 5.74) is 1.09. The topological polar surface area (TPSA) is 125 Å². The molecule has 0 radical (unpaired) electrons. The van der Waals surface area contributed by atoms with Gasteiger partial charge in [-0.3, -0.25) is 23.9 Å². The molecule has 10 nitrogen and oxygen atoms in total. The van der Waals surface area contributed by atoms with E-state index >= 15 is 0 Å². The van der Waals surface area contributed by atoms with Gasteiger partial charge >= 0.3 is 5.76 Å². The van der Waals surface area contributed by atoms with Gasteiger partial charge in [0.25, 0.3) is 5.69 Å². The SMILES string of the molecule is O=C(Cn1c(=O)oc2cc([N+](=O)[O-])ccc21)Nc1c(-c2ccc(F)cc2)nc2sccn12. The smallest absolute Gasteiger partial charge is 0.407 e. The summed E-state index contributed by atoms with van der Waals surface area (Å²) >= 11 is 1.36. The van der Waals surface area contributed by atoms with Crippen LogP contribution in [0.15, 0.2) is 63.3 Å². The first-order chi connectivity index (χ1) is 15.4. The minimum atomic E-state index is -0.816. The van der Waals surface area contributed by atoms with E-state index in [0.29, 0.717) is 22.0 Å². The van der Waals surface area contributed by atoms with E-state index in [1.165, 1.54) is 35.6 Å². The first kappa shape index (κ1) is 19.6. The first-order valence-corrected chi connectivity index (χ1v) is 10.1. The predicted octanol–water partition coefficient (Wildman–Crippen LogP) is 3.66. The zero-order valence-corrected chi connectivity index (χ0v) is 16.8. The maximum Gasteiger partial charge on any atom is 0.420 e. The molecular formula is C20H12FN5O5S. The van der Waals surface area contributed by atoms with Gasteiger partial charge in [-0.2, -0.15) is 0 Å². The molecule has 5 rings (SSSR count). The number of nitrogens with one attached hydrogen (secondary N) is 1. The Morgan fingerprint density at radius 2 is 2.03 bits per heavy atom. The fourth-order valence-electron chi connectivity index (χ4n) is 3.35. The summed E-state index contributed by atoms with van der Waals surface area (Å²) < 4.78 is 21.2. The van der Waals surface area contributed by atoms with Crippen molar-refractivity contribution in [3.05, 3.63) is 80.5 Å². The lowest BCUT2D eigenvalue weighted by atomic mass is 10.1. The number of nitro benzene ring substituents is 1. The number of anilines is 1. The fraction of sp³-hybridized carbons (Fsp3) is 0.0500. The zero-order valence-electron chi connectivity index (χ0n) is 16.0. The standard InChI is InChI=1S/C20H12FN5O5S/c21-12-3-1-11(2-4-12)17-18(24-7-8-32-19(24)23-17)22-16(27)10-25-14-6-5-13(26(29)30)9-15(14)31-20(25)28/h1-9H,10H2,(H,22,27). The number of oxazole rings is 1. The van der Waals surface area contributed by atoms with Crippen molar-refractivity contribution in [3.8, 4) is 11.3 Å². The maximum absolute atomic E-state index is 13.3. The number of aromatic nitrogens is 3. The molecule has 0 aliphatic carbocycles. The van der Waals surface area contributed by atoms with Crippen LogP contribution < -0.4 is 11.1 Å². The van der Waals surface area contributed by atoms with Crippen molar-refractivity contribution in [2.75, 3.05) is 5.32 Å². The number of carbonyl (C=O) groups excluding carboxylic acids is 1. The van der Waals surface area contributed by atoms with E-state index in [0.717, 1.165) is 10.6 Å². The van der Waals surface area contributed by atoms with Crippen molar-refractivity contribution in [1.82, 2.24) is 14.0 Å². The van der Waals surface area contributed by atoms with Crippen LogP contribution in [0.4, 0.5) is 15.9 Å². The number of rotatable bonds is 5. The molecule has 160 valence electrons. The first-order valence-electron chi connectivity index (χ1n) is 9.20. The molecule has 0 aliphatic rings. The lowest BCUT2D eigenvalue weighted by molar-refractivity contribution is -0.384. The Bertz CT molecular complexity index is 1560. The summed E-state index contributed by atoms with van der Waals surface area (Å²) in [7, 11) is 0. The van der Waals surface area contributed by atoms with Gasteiger partial charge in [0.05, 0.1) is 16.5 Å². The summed E-state index contributed by atoms with van der Waals surface area (Å²) in [5, 5.41) is 15.5. The van der Waals surface area contributed by atoms with Gasteiger partial charge in [0.15, 0.2) is 10.5 Å². The molecule has 1 N–H and O–H groups in total. The molecule has 0 saturated heterocycles. The fourth-order valence-corrected chi connectivity index (χ4v) is 4.06. The number of hydrogen-bond donors (Lipinski definition) is 1.